The number of carbonyl (C=O) groups excluding carboxylic acids is 2. The second-order valence-electron chi connectivity index (χ2n) is 10.1. The van der Waals surface area contributed by atoms with Gasteiger partial charge >= 0.3 is 0 Å². The van der Waals surface area contributed by atoms with Crippen molar-refractivity contribution in [3.05, 3.63) is 107 Å². The third kappa shape index (κ3) is 3.99. The van der Waals surface area contributed by atoms with Gasteiger partial charge < -0.3 is 4.74 Å². The highest BCUT2D eigenvalue weighted by atomic mass is 16.5. The zero-order valence-electron chi connectivity index (χ0n) is 21.3. The van der Waals surface area contributed by atoms with Crippen molar-refractivity contribution >= 4 is 17.5 Å². The third-order valence-electron chi connectivity index (χ3n) is 6.48. The Morgan fingerprint density at radius 2 is 1.00 bits per heavy atom. The Labute approximate surface area is 212 Å². The minimum Gasteiger partial charge on any atom is -0.488 e. The number of fused-ring (bicyclic) bond motifs is 1. The molecule has 0 spiro atoms. The summed E-state index contributed by atoms with van der Waals surface area (Å²) in [5.41, 5.74) is 6.77. The lowest BCUT2D eigenvalue weighted by atomic mass is 9.82. The topological polar surface area (TPSA) is 46.6 Å². The molecule has 1 heterocycles. The summed E-state index contributed by atoms with van der Waals surface area (Å²) in [6, 6.07) is 27.3. The minimum atomic E-state index is -0.340. The molecular formula is C32H29NO3. The second kappa shape index (κ2) is 8.80. The van der Waals surface area contributed by atoms with Gasteiger partial charge in [0.25, 0.3) is 11.8 Å². The Balaban J connectivity index is 1.69. The van der Waals surface area contributed by atoms with E-state index in [0.29, 0.717) is 22.6 Å². The molecule has 4 nitrogen and oxygen atoms in total. The summed E-state index contributed by atoms with van der Waals surface area (Å²) >= 11 is 0. The molecule has 0 saturated heterocycles. The van der Waals surface area contributed by atoms with Crippen LogP contribution in [0.25, 0.3) is 22.3 Å². The highest BCUT2D eigenvalue weighted by Crippen LogP contribution is 2.44. The van der Waals surface area contributed by atoms with Gasteiger partial charge in [-0.05, 0) is 92.3 Å². The molecule has 2 amide bonds. The fraction of sp³-hybridized carbons (Fsp3) is 0.188. The molecule has 36 heavy (non-hydrogen) atoms. The predicted molar refractivity (Wildman–Crippen MR) is 145 cm³/mol. The zero-order valence-corrected chi connectivity index (χ0v) is 21.3. The first-order chi connectivity index (χ1) is 17.2. The van der Waals surface area contributed by atoms with E-state index in [1.54, 1.807) is 24.3 Å². The van der Waals surface area contributed by atoms with E-state index in [4.69, 9.17) is 4.74 Å². The van der Waals surface area contributed by atoms with Crippen LogP contribution in [0, 0.1) is 13.8 Å². The summed E-state index contributed by atoms with van der Waals surface area (Å²) in [4.78, 5) is 28.9. The Morgan fingerprint density at radius 3 is 1.39 bits per heavy atom. The monoisotopic (exact) mass is 475 g/mol. The molecule has 0 radical (unpaired) electrons. The van der Waals surface area contributed by atoms with Crippen molar-refractivity contribution in [1.29, 1.82) is 0 Å². The predicted octanol–water partition coefficient (Wildman–Crippen LogP) is 7.62. The van der Waals surface area contributed by atoms with Gasteiger partial charge in [-0.2, -0.15) is 0 Å². The molecule has 5 rings (SSSR count). The van der Waals surface area contributed by atoms with Crippen LogP contribution in [0.5, 0.6) is 5.75 Å². The van der Waals surface area contributed by atoms with Crippen molar-refractivity contribution in [2.75, 3.05) is 4.90 Å². The number of benzene rings is 4. The average Bonchev–Trinajstić information content (AvgIpc) is 3.12. The van der Waals surface area contributed by atoms with Gasteiger partial charge in [0.05, 0.1) is 16.8 Å². The maximum atomic E-state index is 13.8. The molecule has 0 aliphatic carbocycles. The van der Waals surface area contributed by atoms with Crippen LogP contribution in [0.3, 0.4) is 0 Å². The van der Waals surface area contributed by atoms with Crippen LogP contribution in [-0.4, -0.2) is 17.4 Å². The summed E-state index contributed by atoms with van der Waals surface area (Å²) in [5.74, 6) is 0.0988. The van der Waals surface area contributed by atoms with E-state index in [1.807, 2.05) is 95.3 Å². The number of imide groups is 1. The van der Waals surface area contributed by atoms with E-state index in [-0.39, 0.29) is 17.4 Å². The summed E-state index contributed by atoms with van der Waals surface area (Å²) in [6.07, 6.45) is 0. The summed E-state index contributed by atoms with van der Waals surface area (Å²) in [6.45, 7) is 9.83. The van der Waals surface area contributed by atoms with Crippen LogP contribution in [-0.2, 0) is 0 Å². The van der Waals surface area contributed by atoms with Gasteiger partial charge in [-0.15, -0.1) is 0 Å². The molecule has 180 valence electrons. The number of hydrogen-bond acceptors (Lipinski definition) is 3. The number of rotatable bonds is 4. The molecule has 0 aromatic heterocycles. The number of carbonyl (C=O) groups is 2. The van der Waals surface area contributed by atoms with Gasteiger partial charge in [-0.3, -0.25) is 9.59 Å². The van der Waals surface area contributed by atoms with Crippen molar-refractivity contribution in [2.24, 2.45) is 0 Å². The van der Waals surface area contributed by atoms with Crippen LogP contribution in [0.1, 0.15) is 52.6 Å². The molecule has 0 saturated carbocycles. The molecule has 4 aromatic rings. The summed E-state index contributed by atoms with van der Waals surface area (Å²) in [5, 5.41) is 0. The fourth-order valence-corrected chi connectivity index (χ4v) is 5.03. The number of amides is 2. The van der Waals surface area contributed by atoms with Gasteiger partial charge in [0, 0.05) is 0 Å². The molecule has 0 N–H and O–H groups in total. The van der Waals surface area contributed by atoms with Crippen molar-refractivity contribution in [3.8, 4) is 28.0 Å². The quantitative estimate of drug-likeness (QED) is 0.285. The van der Waals surface area contributed by atoms with Crippen molar-refractivity contribution < 1.29 is 14.3 Å². The Morgan fingerprint density at radius 1 is 0.583 bits per heavy atom. The number of ether oxygens (including phenoxy) is 1. The van der Waals surface area contributed by atoms with Gasteiger partial charge in [0.15, 0.2) is 0 Å². The van der Waals surface area contributed by atoms with E-state index in [9.17, 15) is 9.59 Å². The van der Waals surface area contributed by atoms with Crippen molar-refractivity contribution in [3.63, 3.8) is 0 Å². The van der Waals surface area contributed by atoms with Gasteiger partial charge in [-0.25, -0.2) is 4.90 Å². The minimum absolute atomic E-state index is 0.295. The maximum Gasteiger partial charge on any atom is 0.266 e. The summed E-state index contributed by atoms with van der Waals surface area (Å²) in [7, 11) is 0. The van der Waals surface area contributed by atoms with E-state index in [0.717, 1.165) is 33.4 Å². The van der Waals surface area contributed by atoms with Crippen molar-refractivity contribution in [2.45, 2.75) is 40.2 Å². The first kappa shape index (κ1) is 23.6. The lowest BCUT2D eigenvalue weighted by Gasteiger charge is -2.22. The molecule has 1 aliphatic rings. The number of nitrogens with zero attached hydrogens (tertiary/aromatic N) is 1. The molecule has 0 atom stereocenters. The highest BCUT2D eigenvalue weighted by Gasteiger charge is 2.41. The Bertz CT molecular complexity index is 1380. The fourth-order valence-electron chi connectivity index (χ4n) is 5.03. The molecular weight excluding hydrogens is 446 g/mol. The van der Waals surface area contributed by atoms with Crippen LogP contribution >= 0.6 is 0 Å². The molecule has 4 heteroatoms. The van der Waals surface area contributed by atoms with Gasteiger partial charge in [-0.1, -0.05) is 60.7 Å². The molecule has 0 bridgehead atoms. The highest BCUT2D eigenvalue weighted by molar-refractivity contribution is 6.36. The standard InChI is InChI=1S/C32H29NO3/c1-20-26(22-12-8-6-9-13-22)27(23-14-10-7-11-15-23)21(2)29-28(20)30(34)33(31(29)35)24-16-18-25(19-17-24)36-32(3,4)5/h6-19H,1-5H3. The third-order valence-corrected chi connectivity index (χ3v) is 6.48. The first-order valence-electron chi connectivity index (χ1n) is 12.1. The van der Waals surface area contributed by atoms with E-state index < -0.39 is 0 Å². The SMILES string of the molecule is Cc1c2c(c(C)c(-c3ccccc3)c1-c1ccccc1)C(=O)N(c1ccc(OC(C)(C)C)cc1)C2=O. The summed E-state index contributed by atoms with van der Waals surface area (Å²) < 4.78 is 5.91. The van der Waals surface area contributed by atoms with Crippen LogP contribution < -0.4 is 9.64 Å². The lowest BCUT2D eigenvalue weighted by Crippen LogP contribution is -2.29. The average molecular weight is 476 g/mol. The second-order valence-corrected chi connectivity index (χ2v) is 10.1. The Kier molecular flexibility index (Phi) is 5.76. The molecule has 1 aliphatic heterocycles. The maximum absolute atomic E-state index is 13.8. The normalized spacial score (nSPS) is 13.2. The molecule has 0 unspecified atom stereocenters. The smallest absolute Gasteiger partial charge is 0.266 e. The van der Waals surface area contributed by atoms with Crippen molar-refractivity contribution in [1.82, 2.24) is 0 Å². The van der Waals surface area contributed by atoms with E-state index in [2.05, 4.69) is 0 Å². The van der Waals surface area contributed by atoms with E-state index >= 15 is 0 Å². The molecule has 0 fully saturated rings. The van der Waals surface area contributed by atoms with Gasteiger partial charge in [0.2, 0.25) is 0 Å². The largest absolute Gasteiger partial charge is 0.488 e. The van der Waals surface area contributed by atoms with E-state index in [1.165, 1.54) is 4.90 Å². The lowest BCUT2D eigenvalue weighted by molar-refractivity contribution is 0.0925. The molecule has 4 aromatic carbocycles. The van der Waals surface area contributed by atoms with Crippen LogP contribution in [0.15, 0.2) is 84.9 Å². The number of anilines is 1. The first-order valence-corrected chi connectivity index (χ1v) is 12.1. The Hall–Kier alpha value is -4.18. The number of hydrogen-bond donors (Lipinski definition) is 0. The van der Waals surface area contributed by atoms with Crippen LogP contribution in [0.4, 0.5) is 5.69 Å². The van der Waals surface area contributed by atoms with Crippen LogP contribution in [0.2, 0.25) is 0 Å². The zero-order chi connectivity index (χ0) is 25.6. The van der Waals surface area contributed by atoms with Gasteiger partial charge in [0.1, 0.15) is 11.4 Å².